The second-order valence-corrected chi connectivity index (χ2v) is 7.97. The Kier molecular flexibility index (Phi) is 3.00. The predicted octanol–water partition coefficient (Wildman–Crippen LogP) is 2.78. The van der Waals surface area contributed by atoms with Crippen LogP contribution in [-0.2, 0) is 10.2 Å². The molecule has 1 heterocycles. The lowest BCUT2D eigenvalue weighted by molar-refractivity contribution is -0.671. The Morgan fingerprint density at radius 2 is 2.17 bits per heavy atom. The minimum Gasteiger partial charge on any atom is -0.472 e. The van der Waals surface area contributed by atoms with E-state index in [2.05, 4.69) is 56.8 Å². The van der Waals surface area contributed by atoms with Gasteiger partial charge in [-0.25, -0.2) is 0 Å². The third-order valence-corrected chi connectivity index (χ3v) is 7.21. The highest BCUT2D eigenvalue weighted by Crippen LogP contribution is 2.77. The summed E-state index contributed by atoms with van der Waals surface area (Å²) in [5.41, 5.74) is 2.28. The first kappa shape index (κ1) is 15.6. The van der Waals surface area contributed by atoms with Gasteiger partial charge in [0.25, 0.3) is 0 Å². The Bertz CT molecular complexity index is 769. The molecule has 0 aromatic heterocycles. The Morgan fingerprint density at radius 1 is 1.46 bits per heavy atom. The van der Waals surface area contributed by atoms with Crippen LogP contribution in [0.1, 0.15) is 32.3 Å². The number of quaternary nitrogens is 1. The van der Waals surface area contributed by atoms with E-state index < -0.39 is 5.41 Å². The van der Waals surface area contributed by atoms with Gasteiger partial charge in [-0.15, -0.1) is 6.58 Å². The molecule has 3 aliphatic rings. The number of allylic oxidation sites excluding steroid dienone is 1. The number of anilines is 1. The first-order valence-corrected chi connectivity index (χ1v) is 8.74. The molecule has 1 aromatic rings. The lowest BCUT2D eigenvalue weighted by Crippen LogP contribution is -2.93. The largest absolute Gasteiger partial charge is 0.472 e. The SMILES string of the molecule is C=C[C@]1(C)CC[C@@H](C(=C)C)[C@H]2[C@]1([NH2+][CH2-])[C@@]21C(=O)Nc2ccccc21. The summed E-state index contributed by atoms with van der Waals surface area (Å²) in [6.07, 6.45) is 4.11. The maximum atomic E-state index is 13.3. The van der Waals surface area contributed by atoms with Crippen molar-refractivity contribution in [2.24, 2.45) is 17.3 Å². The highest BCUT2D eigenvalue weighted by atomic mass is 16.2. The van der Waals surface area contributed by atoms with E-state index in [0.717, 1.165) is 24.1 Å². The second-order valence-electron chi connectivity index (χ2n) is 7.97. The van der Waals surface area contributed by atoms with Gasteiger partial charge in [0.05, 0.1) is 0 Å². The molecule has 1 spiro atoms. The van der Waals surface area contributed by atoms with Crippen molar-refractivity contribution in [2.75, 3.05) is 5.32 Å². The van der Waals surface area contributed by atoms with Gasteiger partial charge >= 0.3 is 0 Å². The molecule has 2 saturated carbocycles. The van der Waals surface area contributed by atoms with Crippen molar-refractivity contribution < 1.29 is 10.1 Å². The molecule has 1 amide bonds. The Morgan fingerprint density at radius 3 is 2.79 bits per heavy atom. The standard InChI is InChI=1S/C21H26N2O/c1-6-19(4)12-11-14(13(2)3)17-20(21(17,19)22-5)15-9-7-8-10-16(15)23-18(20)24/h6-10,14,17H,1-2,5,11-12,22H2,3-4H3,(H,23,24)/t14-,17+,19+,20+,21+/m0/s1. The Labute approximate surface area is 144 Å². The minimum absolute atomic E-state index is 0.120. The summed E-state index contributed by atoms with van der Waals surface area (Å²) >= 11 is 0. The van der Waals surface area contributed by atoms with Crippen LogP contribution < -0.4 is 10.6 Å². The molecule has 3 heteroatoms. The van der Waals surface area contributed by atoms with E-state index in [0.29, 0.717) is 5.92 Å². The molecule has 1 aliphatic heterocycles. The van der Waals surface area contributed by atoms with Crippen molar-refractivity contribution in [1.82, 2.24) is 0 Å². The fourth-order valence-electron chi connectivity index (χ4n) is 6.10. The van der Waals surface area contributed by atoms with Crippen molar-refractivity contribution in [3.8, 4) is 0 Å². The smallest absolute Gasteiger partial charge is 0.242 e. The fourth-order valence-corrected chi connectivity index (χ4v) is 6.10. The summed E-state index contributed by atoms with van der Waals surface area (Å²) in [6.45, 7) is 12.7. The number of carbonyl (C=O) groups is 1. The van der Waals surface area contributed by atoms with Crippen molar-refractivity contribution in [1.29, 1.82) is 0 Å². The van der Waals surface area contributed by atoms with Crippen molar-refractivity contribution in [2.45, 2.75) is 37.6 Å². The van der Waals surface area contributed by atoms with Gasteiger partial charge in [0.2, 0.25) is 5.91 Å². The van der Waals surface area contributed by atoms with Gasteiger partial charge < -0.3 is 10.6 Å². The molecule has 4 rings (SSSR count). The first-order chi connectivity index (χ1) is 11.4. The zero-order valence-electron chi connectivity index (χ0n) is 14.6. The van der Waals surface area contributed by atoms with E-state index >= 15 is 0 Å². The van der Waals surface area contributed by atoms with Gasteiger partial charge in [-0.2, -0.15) is 7.05 Å². The molecule has 1 aromatic carbocycles. The molecule has 5 atom stereocenters. The maximum Gasteiger partial charge on any atom is 0.242 e. The topological polar surface area (TPSA) is 45.7 Å². The number of hydrogen-bond donors (Lipinski definition) is 2. The fraction of sp³-hybridized carbons (Fsp3) is 0.429. The second kappa shape index (κ2) is 4.60. The number of fused-ring (bicyclic) bond motifs is 5. The summed E-state index contributed by atoms with van der Waals surface area (Å²) in [5.74, 6) is 0.670. The quantitative estimate of drug-likeness (QED) is 0.652. The number of rotatable bonds is 3. The van der Waals surface area contributed by atoms with E-state index in [1.807, 2.05) is 18.2 Å². The van der Waals surface area contributed by atoms with Gasteiger partial charge in [0.15, 0.2) is 0 Å². The number of nitrogens with two attached hydrogens (primary N) is 1. The van der Waals surface area contributed by atoms with Gasteiger partial charge in [-0.1, -0.05) is 43.4 Å². The molecule has 3 N–H and O–H groups in total. The molecular formula is C21H26N2O. The maximum absolute atomic E-state index is 13.3. The number of nitrogens with one attached hydrogen (secondary N) is 1. The number of benzene rings is 1. The summed E-state index contributed by atoms with van der Waals surface area (Å²) in [4.78, 5) is 13.3. The van der Waals surface area contributed by atoms with Crippen LogP contribution in [0, 0.1) is 24.3 Å². The van der Waals surface area contributed by atoms with Gasteiger partial charge in [-0.05, 0) is 37.3 Å². The van der Waals surface area contributed by atoms with E-state index in [1.165, 1.54) is 5.57 Å². The number of hydrogen-bond acceptors (Lipinski definition) is 1. The number of amides is 1. The summed E-state index contributed by atoms with van der Waals surface area (Å²) in [5, 5.41) is 5.19. The third kappa shape index (κ3) is 1.38. The van der Waals surface area contributed by atoms with Crippen molar-refractivity contribution in [3.05, 3.63) is 61.7 Å². The molecule has 0 unspecified atom stereocenters. The van der Waals surface area contributed by atoms with Crippen LogP contribution in [0.3, 0.4) is 0 Å². The van der Waals surface area contributed by atoms with E-state index in [1.54, 1.807) is 0 Å². The van der Waals surface area contributed by atoms with Crippen molar-refractivity contribution >= 4 is 11.6 Å². The minimum atomic E-state index is -0.533. The summed E-state index contributed by atoms with van der Waals surface area (Å²) < 4.78 is 0. The molecule has 2 aliphatic carbocycles. The van der Waals surface area contributed by atoms with Gasteiger partial charge in [0.1, 0.15) is 11.0 Å². The monoisotopic (exact) mass is 322 g/mol. The normalized spacial score (nSPS) is 42.2. The molecule has 24 heavy (non-hydrogen) atoms. The van der Waals surface area contributed by atoms with Crippen LogP contribution in [0.5, 0.6) is 0 Å². The van der Waals surface area contributed by atoms with E-state index in [4.69, 9.17) is 0 Å². The van der Waals surface area contributed by atoms with Crippen LogP contribution in [0.15, 0.2) is 49.1 Å². The Balaban J connectivity index is 2.01. The highest BCUT2D eigenvalue weighted by Gasteiger charge is 2.91. The lowest BCUT2D eigenvalue weighted by Gasteiger charge is -2.42. The summed E-state index contributed by atoms with van der Waals surface area (Å²) in [7, 11) is 4.20. The third-order valence-electron chi connectivity index (χ3n) is 7.21. The van der Waals surface area contributed by atoms with Crippen LogP contribution in [0.2, 0.25) is 0 Å². The molecule has 126 valence electrons. The van der Waals surface area contributed by atoms with E-state index in [9.17, 15) is 4.79 Å². The van der Waals surface area contributed by atoms with Crippen LogP contribution in [-0.4, -0.2) is 11.4 Å². The summed E-state index contributed by atoms with van der Waals surface area (Å²) in [6, 6.07) is 8.12. The molecule has 0 radical (unpaired) electrons. The van der Waals surface area contributed by atoms with Gasteiger partial charge in [-0.3, -0.25) is 4.79 Å². The molecule has 0 saturated heterocycles. The number of para-hydroxylation sites is 1. The van der Waals surface area contributed by atoms with Gasteiger partial charge in [0, 0.05) is 17.0 Å². The zero-order valence-corrected chi connectivity index (χ0v) is 14.6. The van der Waals surface area contributed by atoms with E-state index in [-0.39, 0.29) is 22.8 Å². The molecule has 2 fully saturated rings. The Hall–Kier alpha value is -1.87. The average Bonchev–Trinajstić information content (AvgIpc) is 3.11. The van der Waals surface area contributed by atoms with Crippen LogP contribution in [0.25, 0.3) is 0 Å². The predicted molar refractivity (Wildman–Crippen MR) is 96.1 cm³/mol. The molecule has 3 nitrogen and oxygen atoms in total. The van der Waals surface area contributed by atoms with Crippen molar-refractivity contribution in [3.63, 3.8) is 0 Å². The average molecular weight is 322 g/mol. The first-order valence-electron chi connectivity index (χ1n) is 8.74. The molecular weight excluding hydrogens is 296 g/mol. The number of carbonyl (C=O) groups excluding carboxylic acids is 1. The van der Waals surface area contributed by atoms with Crippen LogP contribution in [0.4, 0.5) is 5.69 Å². The van der Waals surface area contributed by atoms with Crippen LogP contribution >= 0.6 is 0 Å². The highest BCUT2D eigenvalue weighted by molar-refractivity contribution is 6.11. The zero-order chi connectivity index (χ0) is 17.3. The molecule has 0 bridgehead atoms. The lowest BCUT2D eigenvalue weighted by atomic mass is 9.66.